The van der Waals surface area contributed by atoms with Crippen LogP contribution in [0.25, 0.3) is 0 Å². The molecule has 0 aromatic heterocycles. The highest BCUT2D eigenvalue weighted by Crippen LogP contribution is 2.27. The SMILES string of the molecule is O=C(CC(O)c1cccc(F)c1)N1CCOc2c(F)cccc2C1. The van der Waals surface area contributed by atoms with Gasteiger partial charge in [-0.3, -0.25) is 4.79 Å². The van der Waals surface area contributed by atoms with Crippen molar-refractivity contribution in [2.24, 2.45) is 0 Å². The Kier molecular flexibility index (Phi) is 4.76. The van der Waals surface area contributed by atoms with E-state index in [0.717, 1.165) is 0 Å². The number of carbonyl (C=O) groups is 1. The Morgan fingerprint density at radius 3 is 2.83 bits per heavy atom. The maximum Gasteiger partial charge on any atom is 0.225 e. The molecule has 0 bridgehead atoms. The number of para-hydroxylation sites is 1. The minimum absolute atomic E-state index is 0.165. The van der Waals surface area contributed by atoms with E-state index >= 15 is 0 Å². The van der Waals surface area contributed by atoms with Gasteiger partial charge in [0.1, 0.15) is 12.4 Å². The molecule has 1 unspecified atom stereocenters. The molecule has 126 valence electrons. The number of hydrogen-bond donors (Lipinski definition) is 1. The molecule has 3 rings (SSSR count). The molecule has 0 saturated heterocycles. The van der Waals surface area contributed by atoms with Gasteiger partial charge in [0.2, 0.25) is 5.91 Å². The predicted octanol–water partition coefficient (Wildman–Crippen LogP) is 2.81. The van der Waals surface area contributed by atoms with Crippen molar-refractivity contribution >= 4 is 5.91 Å². The summed E-state index contributed by atoms with van der Waals surface area (Å²) in [4.78, 5) is 13.9. The van der Waals surface area contributed by atoms with Crippen LogP contribution in [-0.2, 0) is 11.3 Å². The van der Waals surface area contributed by atoms with E-state index in [1.54, 1.807) is 18.2 Å². The van der Waals surface area contributed by atoms with Crippen LogP contribution in [0.2, 0.25) is 0 Å². The lowest BCUT2D eigenvalue weighted by atomic mass is 10.1. The number of carbonyl (C=O) groups excluding carboxylic acids is 1. The van der Waals surface area contributed by atoms with E-state index in [4.69, 9.17) is 4.74 Å². The van der Waals surface area contributed by atoms with Gasteiger partial charge in [-0.1, -0.05) is 24.3 Å². The lowest BCUT2D eigenvalue weighted by Gasteiger charge is -2.21. The van der Waals surface area contributed by atoms with Crippen LogP contribution in [0, 0.1) is 11.6 Å². The molecular weight excluding hydrogens is 316 g/mol. The number of benzene rings is 2. The zero-order valence-corrected chi connectivity index (χ0v) is 12.9. The van der Waals surface area contributed by atoms with Crippen molar-refractivity contribution in [3.05, 3.63) is 65.2 Å². The number of aliphatic hydroxyl groups is 1. The van der Waals surface area contributed by atoms with Crippen LogP contribution in [0.1, 0.15) is 23.7 Å². The van der Waals surface area contributed by atoms with Crippen LogP contribution in [0.3, 0.4) is 0 Å². The minimum Gasteiger partial charge on any atom is -0.488 e. The second kappa shape index (κ2) is 6.97. The summed E-state index contributed by atoms with van der Waals surface area (Å²) in [5.41, 5.74) is 0.932. The first-order chi connectivity index (χ1) is 11.5. The normalized spacial score (nSPS) is 15.2. The Morgan fingerprint density at radius 1 is 1.25 bits per heavy atom. The highest BCUT2D eigenvalue weighted by molar-refractivity contribution is 5.77. The Hall–Kier alpha value is -2.47. The minimum atomic E-state index is -1.09. The molecule has 2 aromatic carbocycles. The Labute approximate surface area is 138 Å². The monoisotopic (exact) mass is 333 g/mol. The molecule has 1 aliphatic heterocycles. The molecule has 4 nitrogen and oxygen atoms in total. The van der Waals surface area contributed by atoms with E-state index in [1.807, 2.05) is 0 Å². The molecule has 1 N–H and O–H groups in total. The Bertz CT molecular complexity index is 751. The fourth-order valence-electron chi connectivity index (χ4n) is 2.72. The number of hydrogen-bond acceptors (Lipinski definition) is 3. The number of nitrogens with zero attached hydrogens (tertiary/aromatic N) is 1. The van der Waals surface area contributed by atoms with Crippen molar-refractivity contribution in [3.63, 3.8) is 0 Å². The maximum atomic E-state index is 13.7. The van der Waals surface area contributed by atoms with Crippen molar-refractivity contribution in [2.75, 3.05) is 13.2 Å². The molecule has 1 amide bonds. The number of amides is 1. The second-order valence-corrected chi connectivity index (χ2v) is 5.67. The van der Waals surface area contributed by atoms with E-state index in [2.05, 4.69) is 0 Å². The molecular formula is C18H17F2NO3. The van der Waals surface area contributed by atoms with Gasteiger partial charge < -0.3 is 14.7 Å². The summed E-state index contributed by atoms with van der Waals surface area (Å²) in [6.07, 6.45) is -1.27. The summed E-state index contributed by atoms with van der Waals surface area (Å²) >= 11 is 0. The van der Waals surface area contributed by atoms with Gasteiger partial charge in [0.05, 0.1) is 19.1 Å². The predicted molar refractivity (Wildman–Crippen MR) is 83.3 cm³/mol. The number of rotatable bonds is 3. The summed E-state index contributed by atoms with van der Waals surface area (Å²) in [5, 5.41) is 10.2. The van der Waals surface area contributed by atoms with E-state index < -0.39 is 17.7 Å². The quantitative estimate of drug-likeness (QED) is 0.940. The zero-order valence-electron chi connectivity index (χ0n) is 12.9. The molecule has 0 radical (unpaired) electrons. The molecule has 0 saturated carbocycles. The van der Waals surface area contributed by atoms with Crippen LogP contribution in [0.5, 0.6) is 5.75 Å². The van der Waals surface area contributed by atoms with Gasteiger partial charge >= 0.3 is 0 Å². The van der Waals surface area contributed by atoms with Gasteiger partial charge in [0, 0.05) is 12.1 Å². The van der Waals surface area contributed by atoms with Crippen LogP contribution < -0.4 is 4.74 Å². The summed E-state index contributed by atoms with van der Waals surface area (Å²) < 4.78 is 32.3. The number of aliphatic hydroxyl groups excluding tert-OH is 1. The molecule has 24 heavy (non-hydrogen) atoms. The molecule has 6 heteroatoms. The van der Waals surface area contributed by atoms with Gasteiger partial charge in [-0.05, 0) is 23.8 Å². The fourth-order valence-corrected chi connectivity index (χ4v) is 2.72. The van der Waals surface area contributed by atoms with Crippen LogP contribution in [0.15, 0.2) is 42.5 Å². The van der Waals surface area contributed by atoms with E-state index in [0.29, 0.717) is 17.7 Å². The Balaban J connectivity index is 1.71. The fraction of sp³-hybridized carbons (Fsp3) is 0.278. The van der Waals surface area contributed by atoms with Gasteiger partial charge in [-0.2, -0.15) is 0 Å². The van der Waals surface area contributed by atoms with Crippen LogP contribution >= 0.6 is 0 Å². The van der Waals surface area contributed by atoms with Gasteiger partial charge in [0.15, 0.2) is 11.6 Å². The van der Waals surface area contributed by atoms with E-state index in [1.165, 1.54) is 29.2 Å². The number of fused-ring (bicyclic) bond motifs is 1. The highest BCUT2D eigenvalue weighted by atomic mass is 19.1. The van der Waals surface area contributed by atoms with Gasteiger partial charge in [-0.25, -0.2) is 8.78 Å². The highest BCUT2D eigenvalue weighted by Gasteiger charge is 2.24. The average Bonchev–Trinajstić information content (AvgIpc) is 2.78. The Morgan fingerprint density at radius 2 is 2.04 bits per heavy atom. The largest absolute Gasteiger partial charge is 0.488 e. The zero-order chi connectivity index (χ0) is 17.1. The first kappa shape index (κ1) is 16.4. The summed E-state index contributed by atoms with van der Waals surface area (Å²) in [6, 6.07) is 10.1. The standard InChI is InChI=1S/C18H17F2NO3/c19-14-5-1-3-12(9-14)16(22)10-17(23)21-7-8-24-18-13(11-21)4-2-6-15(18)20/h1-6,9,16,22H,7-8,10-11H2. The topological polar surface area (TPSA) is 49.8 Å². The first-order valence-corrected chi connectivity index (χ1v) is 7.66. The lowest BCUT2D eigenvalue weighted by Crippen LogP contribution is -2.33. The molecule has 1 heterocycles. The number of halogens is 2. The third-order valence-electron chi connectivity index (χ3n) is 3.97. The molecule has 1 aliphatic rings. The van der Waals surface area contributed by atoms with Crippen LogP contribution in [-0.4, -0.2) is 29.1 Å². The van der Waals surface area contributed by atoms with E-state index in [-0.39, 0.29) is 31.2 Å². The van der Waals surface area contributed by atoms with E-state index in [9.17, 15) is 18.7 Å². The summed E-state index contributed by atoms with van der Waals surface area (Å²) in [6.45, 7) is 0.681. The third-order valence-corrected chi connectivity index (χ3v) is 3.97. The van der Waals surface area contributed by atoms with Crippen molar-refractivity contribution in [1.82, 2.24) is 4.90 Å². The second-order valence-electron chi connectivity index (χ2n) is 5.67. The molecule has 0 fully saturated rings. The van der Waals surface area contributed by atoms with Crippen molar-refractivity contribution < 1.29 is 23.4 Å². The lowest BCUT2D eigenvalue weighted by molar-refractivity contribution is -0.134. The van der Waals surface area contributed by atoms with Crippen molar-refractivity contribution in [3.8, 4) is 5.75 Å². The van der Waals surface area contributed by atoms with Crippen molar-refractivity contribution in [1.29, 1.82) is 0 Å². The molecule has 2 aromatic rings. The van der Waals surface area contributed by atoms with Crippen molar-refractivity contribution in [2.45, 2.75) is 19.1 Å². The van der Waals surface area contributed by atoms with Gasteiger partial charge in [0.25, 0.3) is 0 Å². The third kappa shape index (κ3) is 3.54. The molecule has 0 spiro atoms. The maximum absolute atomic E-state index is 13.7. The number of ether oxygens (including phenoxy) is 1. The average molecular weight is 333 g/mol. The molecule has 0 aliphatic carbocycles. The summed E-state index contributed by atoms with van der Waals surface area (Å²) in [7, 11) is 0. The first-order valence-electron chi connectivity index (χ1n) is 7.66. The van der Waals surface area contributed by atoms with Crippen LogP contribution in [0.4, 0.5) is 8.78 Å². The summed E-state index contributed by atoms with van der Waals surface area (Å²) in [5.74, 6) is -1.06. The van der Waals surface area contributed by atoms with Gasteiger partial charge in [-0.15, -0.1) is 0 Å². The molecule has 1 atom stereocenters. The smallest absolute Gasteiger partial charge is 0.225 e.